The summed E-state index contributed by atoms with van der Waals surface area (Å²) in [6.07, 6.45) is -0.170. The molecule has 5 heteroatoms. The molecule has 0 aromatic rings. The molecule has 0 aliphatic heterocycles. The average Bonchev–Trinajstić information content (AvgIpc) is 1.85. The fourth-order valence-electron chi connectivity index (χ4n) is 0.559. The van der Waals surface area contributed by atoms with Crippen LogP contribution in [-0.4, -0.2) is 28.0 Å². The van der Waals surface area contributed by atoms with Gasteiger partial charge >= 0.3 is 11.9 Å². The van der Waals surface area contributed by atoms with Gasteiger partial charge in [-0.1, -0.05) is 15.9 Å². The highest BCUT2D eigenvalue weighted by atomic mass is 79.9. The Labute approximate surface area is 79.0 Å². The lowest BCUT2D eigenvalue weighted by Crippen LogP contribution is -2.31. The van der Waals surface area contributed by atoms with Crippen LogP contribution in [0.4, 0.5) is 0 Å². The second-order valence-electron chi connectivity index (χ2n) is 2.48. The number of carboxylic acid groups (broad SMARTS) is 1. The summed E-state index contributed by atoms with van der Waals surface area (Å²) in [6, 6.07) is 0. The summed E-state index contributed by atoms with van der Waals surface area (Å²) in [5.74, 6) is -1.59. The molecule has 0 bridgehead atoms. The minimum Gasteiger partial charge on any atom is -0.480 e. The van der Waals surface area contributed by atoms with Crippen molar-refractivity contribution >= 4 is 27.9 Å². The van der Waals surface area contributed by atoms with Crippen molar-refractivity contribution in [1.82, 2.24) is 0 Å². The van der Waals surface area contributed by atoms with Gasteiger partial charge in [0.25, 0.3) is 0 Å². The Hall–Kier alpha value is -0.580. The van der Waals surface area contributed by atoms with Gasteiger partial charge in [0, 0.05) is 0 Å². The van der Waals surface area contributed by atoms with Crippen molar-refractivity contribution in [2.45, 2.75) is 24.6 Å². The predicted octanol–water partition coefficient (Wildman–Crippen LogP) is 1.18. The van der Waals surface area contributed by atoms with Crippen LogP contribution in [0.25, 0.3) is 0 Å². The Morgan fingerprint density at radius 3 is 2.42 bits per heavy atom. The van der Waals surface area contributed by atoms with E-state index >= 15 is 0 Å². The average molecular weight is 239 g/mol. The van der Waals surface area contributed by atoms with E-state index < -0.39 is 16.3 Å². The van der Waals surface area contributed by atoms with E-state index in [-0.39, 0.29) is 13.0 Å². The minimum absolute atomic E-state index is 0.170. The zero-order valence-electron chi connectivity index (χ0n) is 6.96. The van der Waals surface area contributed by atoms with Gasteiger partial charge in [-0.25, -0.2) is 0 Å². The van der Waals surface area contributed by atoms with Crippen molar-refractivity contribution < 1.29 is 19.4 Å². The summed E-state index contributed by atoms with van der Waals surface area (Å²) in [4.78, 5) is 21.4. The Morgan fingerprint density at radius 2 is 2.08 bits per heavy atom. The molecular weight excluding hydrogens is 228 g/mol. The first-order chi connectivity index (χ1) is 5.40. The lowest BCUT2D eigenvalue weighted by Gasteiger charge is -2.14. The molecule has 70 valence electrons. The molecule has 1 atom stereocenters. The highest BCUT2D eigenvalue weighted by Crippen LogP contribution is 2.22. The molecule has 0 heterocycles. The number of carbonyl (C=O) groups excluding carboxylic acids is 1. The maximum absolute atomic E-state index is 10.8. The standard InChI is InChI=1S/C7H11BrO4/c1-3-12-5(9)4-7(2,8)6(10)11/h3-4H2,1-2H3,(H,10,11). The van der Waals surface area contributed by atoms with Gasteiger partial charge in [-0.3, -0.25) is 9.59 Å². The number of aliphatic carboxylic acids is 1. The van der Waals surface area contributed by atoms with Crippen molar-refractivity contribution in [3.05, 3.63) is 0 Å². The second-order valence-corrected chi connectivity index (χ2v) is 4.23. The van der Waals surface area contributed by atoms with Crippen LogP contribution in [0.2, 0.25) is 0 Å². The smallest absolute Gasteiger partial charge is 0.320 e. The molecule has 0 saturated heterocycles. The lowest BCUT2D eigenvalue weighted by molar-refractivity contribution is -0.149. The molecule has 4 nitrogen and oxygen atoms in total. The quantitative estimate of drug-likeness (QED) is 0.591. The van der Waals surface area contributed by atoms with Crippen LogP contribution in [0.1, 0.15) is 20.3 Å². The maximum Gasteiger partial charge on any atom is 0.320 e. The molecule has 1 N–H and O–H groups in total. The van der Waals surface area contributed by atoms with Gasteiger partial charge < -0.3 is 9.84 Å². The molecule has 1 unspecified atom stereocenters. The number of esters is 1. The van der Waals surface area contributed by atoms with Crippen LogP contribution >= 0.6 is 15.9 Å². The maximum atomic E-state index is 10.8. The SMILES string of the molecule is CCOC(=O)CC(C)(Br)C(=O)O. The molecular formula is C7H11BrO4. The van der Waals surface area contributed by atoms with Gasteiger partial charge in [0.2, 0.25) is 0 Å². The summed E-state index contributed by atoms with van der Waals surface area (Å²) in [7, 11) is 0. The van der Waals surface area contributed by atoms with Crippen LogP contribution < -0.4 is 0 Å². The molecule has 0 amide bonds. The first-order valence-corrected chi connectivity index (χ1v) is 4.27. The van der Waals surface area contributed by atoms with Crippen LogP contribution in [0.5, 0.6) is 0 Å². The highest BCUT2D eigenvalue weighted by Gasteiger charge is 2.33. The first kappa shape index (κ1) is 11.4. The van der Waals surface area contributed by atoms with E-state index in [1.165, 1.54) is 6.92 Å². The van der Waals surface area contributed by atoms with Crippen LogP contribution in [-0.2, 0) is 14.3 Å². The number of hydrogen-bond acceptors (Lipinski definition) is 3. The molecule has 0 aromatic heterocycles. The van der Waals surface area contributed by atoms with Crippen molar-refractivity contribution in [1.29, 1.82) is 0 Å². The molecule has 0 saturated carbocycles. The Bertz CT molecular complexity index is 188. The number of carbonyl (C=O) groups is 2. The number of alkyl halides is 1. The van der Waals surface area contributed by atoms with Gasteiger partial charge in [-0.2, -0.15) is 0 Å². The third-order valence-corrected chi connectivity index (χ3v) is 1.85. The van der Waals surface area contributed by atoms with Crippen molar-refractivity contribution in [2.24, 2.45) is 0 Å². The van der Waals surface area contributed by atoms with Crippen molar-refractivity contribution in [2.75, 3.05) is 6.61 Å². The Balaban J connectivity index is 4.06. The fourth-order valence-corrected chi connectivity index (χ4v) is 0.788. The predicted molar refractivity (Wildman–Crippen MR) is 46.2 cm³/mol. The topological polar surface area (TPSA) is 63.6 Å². The minimum atomic E-state index is -1.22. The number of hydrogen-bond donors (Lipinski definition) is 1. The summed E-state index contributed by atoms with van der Waals surface area (Å²) in [6.45, 7) is 3.35. The van der Waals surface area contributed by atoms with E-state index in [0.717, 1.165) is 0 Å². The Kier molecular flexibility index (Phi) is 4.23. The van der Waals surface area contributed by atoms with Gasteiger partial charge in [0.1, 0.15) is 4.32 Å². The van der Waals surface area contributed by atoms with E-state index in [1.807, 2.05) is 0 Å². The molecule has 12 heavy (non-hydrogen) atoms. The molecule has 0 fully saturated rings. The number of ether oxygens (including phenoxy) is 1. The van der Waals surface area contributed by atoms with E-state index in [2.05, 4.69) is 20.7 Å². The number of carboxylic acids is 1. The third kappa shape index (κ3) is 3.71. The van der Waals surface area contributed by atoms with Crippen LogP contribution in [0, 0.1) is 0 Å². The Morgan fingerprint density at radius 1 is 1.58 bits per heavy atom. The van der Waals surface area contributed by atoms with E-state index in [1.54, 1.807) is 6.92 Å². The molecule has 0 spiro atoms. The fraction of sp³-hybridized carbons (Fsp3) is 0.714. The van der Waals surface area contributed by atoms with E-state index in [0.29, 0.717) is 0 Å². The molecule has 0 rings (SSSR count). The number of rotatable bonds is 4. The van der Waals surface area contributed by atoms with Gasteiger partial charge in [-0.05, 0) is 13.8 Å². The van der Waals surface area contributed by atoms with Gasteiger partial charge in [-0.15, -0.1) is 0 Å². The molecule has 0 aromatic carbocycles. The summed E-state index contributed by atoms with van der Waals surface area (Å²) in [5.41, 5.74) is 0. The normalized spacial score (nSPS) is 14.9. The second kappa shape index (κ2) is 4.45. The van der Waals surface area contributed by atoms with E-state index in [9.17, 15) is 9.59 Å². The van der Waals surface area contributed by atoms with Crippen LogP contribution in [0.3, 0.4) is 0 Å². The summed E-state index contributed by atoms with van der Waals surface area (Å²) in [5, 5.41) is 8.60. The van der Waals surface area contributed by atoms with Crippen molar-refractivity contribution in [3.8, 4) is 0 Å². The zero-order chi connectivity index (χ0) is 9.78. The lowest BCUT2D eigenvalue weighted by atomic mass is 10.1. The zero-order valence-corrected chi connectivity index (χ0v) is 8.55. The first-order valence-electron chi connectivity index (χ1n) is 3.48. The molecule has 0 radical (unpaired) electrons. The molecule has 0 aliphatic rings. The highest BCUT2D eigenvalue weighted by molar-refractivity contribution is 9.10. The number of halogens is 1. The summed E-state index contributed by atoms with van der Waals surface area (Å²) >= 11 is 2.92. The third-order valence-electron chi connectivity index (χ3n) is 1.23. The monoisotopic (exact) mass is 238 g/mol. The van der Waals surface area contributed by atoms with Gasteiger partial charge in [0.05, 0.1) is 13.0 Å². The van der Waals surface area contributed by atoms with Crippen LogP contribution in [0.15, 0.2) is 0 Å². The molecule has 0 aliphatic carbocycles. The van der Waals surface area contributed by atoms with E-state index in [4.69, 9.17) is 5.11 Å². The largest absolute Gasteiger partial charge is 0.480 e. The van der Waals surface area contributed by atoms with Gasteiger partial charge in [0.15, 0.2) is 0 Å². The van der Waals surface area contributed by atoms with Crippen molar-refractivity contribution in [3.63, 3.8) is 0 Å². The summed E-state index contributed by atoms with van der Waals surface area (Å²) < 4.78 is 3.37.